The number of hydrogen-bond acceptors (Lipinski definition) is 2. The Kier molecular flexibility index (Phi) is 3.52. The van der Waals surface area contributed by atoms with E-state index < -0.39 is 0 Å². The van der Waals surface area contributed by atoms with Gasteiger partial charge in [0, 0.05) is 20.6 Å². The summed E-state index contributed by atoms with van der Waals surface area (Å²) in [6, 6.07) is 0. The first kappa shape index (κ1) is 10.4. The molecule has 0 spiro atoms. The maximum absolute atomic E-state index is 11.5. The second-order valence-corrected chi connectivity index (χ2v) is 3.32. The largest absolute Gasteiger partial charge is 0.348 e. The summed E-state index contributed by atoms with van der Waals surface area (Å²) in [4.78, 5) is 13.1. The summed E-state index contributed by atoms with van der Waals surface area (Å²) in [6.45, 7) is 4.30. The van der Waals surface area contributed by atoms with Crippen LogP contribution in [0.25, 0.3) is 0 Å². The summed E-state index contributed by atoms with van der Waals surface area (Å²) < 4.78 is 0. The molecule has 0 saturated heterocycles. The molecule has 0 aliphatic rings. The second kappa shape index (κ2) is 3.72. The Bertz CT molecular complexity index is 139. The zero-order valence-corrected chi connectivity index (χ0v) is 7.85. The molecule has 0 aromatic carbocycles. The van der Waals surface area contributed by atoms with Gasteiger partial charge in [-0.25, -0.2) is 0 Å². The Morgan fingerprint density at radius 1 is 1.55 bits per heavy atom. The van der Waals surface area contributed by atoms with Crippen LogP contribution in [0.4, 0.5) is 0 Å². The van der Waals surface area contributed by atoms with E-state index >= 15 is 0 Å². The number of nitrogens with two attached hydrogens (primary N) is 1. The van der Waals surface area contributed by atoms with Crippen molar-refractivity contribution >= 4 is 5.91 Å². The van der Waals surface area contributed by atoms with Crippen molar-refractivity contribution in [2.45, 2.75) is 20.3 Å². The molecule has 0 saturated carbocycles. The predicted molar refractivity (Wildman–Crippen MR) is 46.1 cm³/mol. The zero-order chi connectivity index (χ0) is 9.07. The molecule has 2 N–H and O–H groups in total. The van der Waals surface area contributed by atoms with E-state index in [1.54, 1.807) is 19.0 Å². The lowest BCUT2D eigenvalue weighted by atomic mass is 9.86. The van der Waals surface area contributed by atoms with E-state index in [0.717, 1.165) is 6.42 Å². The van der Waals surface area contributed by atoms with E-state index in [0.29, 0.717) is 6.54 Å². The smallest absolute Gasteiger partial charge is 0.229 e. The Balaban J connectivity index is 4.37. The number of amides is 1. The molecule has 0 bridgehead atoms. The van der Waals surface area contributed by atoms with Gasteiger partial charge in [-0.2, -0.15) is 0 Å². The Labute approximate surface area is 68.6 Å². The van der Waals surface area contributed by atoms with Gasteiger partial charge in [0.2, 0.25) is 5.91 Å². The molecule has 0 radical (unpaired) electrons. The third-order valence-electron chi connectivity index (χ3n) is 2.15. The van der Waals surface area contributed by atoms with Crippen molar-refractivity contribution in [3.63, 3.8) is 0 Å². The summed E-state index contributed by atoms with van der Waals surface area (Å²) in [6.07, 6.45) is 0.792. The van der Waals surface area contributed by atoms with E-state index in [2.05, 4.69) is 0 Å². The van der Waals surface area contributed by atoms with Crippen LogP contribution in [0.2, 0.25) is 0 Å². The van der Waals surface area contributed by atoms with Crippen LogP contribution in [0.5, 0.6) is 0 Å². The highest BCUT2D eigenvalue weighted by Crippen LogP contribution is 2.20. The zero-order valence-electron chi connectivity index (χ0n) is 7.85. The summed E-state index contributed by atoms with van der Waals surface area (Å²) in [5.41, 5.74) is 5.14. The molecule has 0 heterocycles. The standard InChI is InChI=1S/C8H18N2O/c1-5-8(2,6-9)7(11)10(3)4/h5-6,9H2,1-4H3. The molecule has 1 amide bonds. The van der Waals surface area contributed by atoms with Crippen molar-refractivity contribution in [2.75, 3.05) is 20.6 Å². The Morgan fingerprint density at radius 3 is 2.09 bits per heavy atom. The van der Waals surface area contributed by atoms with E-state index in [1.165, 1.54) is 0 Å². The molecule has 3 nitrogen and oxygen atoms in total. The van der Waals surface area contributed by atoms with Crippen LogP contribution in [-0.2, 0) is 4.79 Å². The molecular formula is C8H18N2O. The van der Waals surface area contributed by atoms with Gasteiger partial charge in [-0.05, 0) is 13.3 Å². The second-order valence-electron chi connectivity index (χ2n) is 3.32. The van der Waals surface area contributed by atoms with Crippen molar-refractivity contribution in [2.24, 2.45) is 11.1 Å². The third kappa shape index (κ3) is 2.19. The highest BCUT2D eigenvalue weighted by Gasteiger charge is 2.30. The molecule has 1 unspecified atom stereocenters. The SMILES string of the molecule is CCC(C)(CN)C(=O)N(C)C. The summed E-state index contributed by atoms with van der Waals surface area (Å²) in [5.74, 6) is 0.113. The molecule has 0 aliphatic heterocycles. The number of rotatable bonds is 3. The fraction of sp³-hybridized carbons (Fsp3) is 0.875. The lowest BCUT2D eigenvalue weighted by molar-refractivity contribution is -0.138. The fourth-order valence-corrected chi connectivity index (χ4v) is 0.923. The van der Waals surface area contributed by atoms with Crippen LogP contribution < -0.4 is 5.73 Å². The van der Waals surface area contributed by atoms with E-state index in [9.17, 15) is 4.79 Å². The van der Waals surface area contributed by atoms with Gasteiger partial charge in [0.15, 0.2) is 0 Å². The van der Waals surface area contributed by atoms with Crippen LogP contribution in [0.3, 0.4) is 0 Å². The molecule has 0 rings (SSSR count). The van der Waals surface area contributed by atoms with Gasteiger partial charge in [-0.3, -0.25) is 4.79 Å². The van der Waals surface area contributed by atoms with Crippen LogP contribution in [-0.4, -0.2) is 31.4 Å². The minimum Gasteiger partial charge on any atom is -0.348 e. The fourth-order valence-electron chi connectivity index (χ4n) is 0.923. The first-order valence-corrected chi connectivity index (χ1v) is 3.89. The van der Waals surface area contributed by atoms with Crippen molar-refractivity contribution < 1.29 is 4.79 Å². The topological polar surface area (TPSA) is 46.3 Å². The maximum Gasteiger partial charge on any atom is 0.229 e. The van der Waals surface area contributed by atoms with E-state index in [4.69, 9.17) is 5.73 Å². The van der Waals surface area contributed by atoms with Crippen LogP contribution in [0.1, 0.15) is 20.3 Å². The Morgan fingerprint density at radius 2 is 2.00 bits per heavy atom. The van der Waals surface area contributed by atoms with Gasteiger partial charge in [0.05, 0.1) is 5.41 Å². The van der Waals surface area contributed by atoms with Crippen LogP contribution in [0.15, 0.2) is 0 Å². The normalized spacial score (nSPS) is 15.7. The number of nitrogens with zero attached hydrogens (tertiary/aromatic N) is 1. The summed E-state index contributed by atoms with van der Waals surface area (Å²) >= 11 is 0. The first-order chi connectivity index (χ1) is 4.98. The van der Waals surface area contributed by atoms with Gasteiger partial charge < -0.3 is 10.6 Å². The molecule has 3 heteroatoms. The van der Waals surface area contributed by atoms with Crippen LogP contribution >= 0.6 is 0 Å². The van der Waals surface area contributed by atoms with Crippen molar-refractivity contribution in [1.82, 2.24) is 4.90 Å². The number of carbonyl (C=O) groups is 1. The van der Waals surface area contributed by atoms with Crippen molar-refractivity contribution in [1.29, 1.82) is 0 Å². The average Bonchev–Trinajstić information content (AvgIpc) is 2.01. The summed E-state index contributed by atoms with van der Waals surface area (Å²) in [5, 5.41) is 0. The third-order valence-corrected chi connectivity index (χ3v) is 2.15. The highest BCUT2D eigenvalue weighted by molar-refractivity contribution is 5.82. The quantitative estimate of drug-likeness (QED) is 0.648. The molecule has 11 heavy (non-hydrogen) atoms. The molecule has 0 aromatic rings. The molecule has 0 aliphatic carbocycles. The number of carbonyl (C=O) groups excluding carboxylic acids is 1. The van der Waals surface area contributed by atoms with Gasteiger partial charge >= 0.3 is 0 Å². The average molecular weight is 158 g/mol. The van der Waals surface area contributed by atoms with Gasteiger partial charge in [-0.15, -0.1) is 0 Å². The highest BCUT2D eigenvalue weighted by atomic mass is 16.2. The maximum atomic E-state index is 11.5. The minimum atomic E-state index is -0.372. The molecule has 0 aromatic heterocycles. The Hall–Kier alpha value is -0.570. The first-order valence-electron chi connectivity index (χ1n) is 3.89. The van der Waals surface area contributed by atoms with E-state index in [-0.39, 0.29) is 11.3 Å². The van der Waals surface area contributed by atoms with Gasteiger partial charge in [0.25, 0.3) is 0 Å². The minimum absolute atomic E-state index is 0.113. The van der Waals surface area contributed by atoms with Crippen molar-refractivity contribution in [3.05, 3.63) is 0 Å². The predicted octanol–water partition coefficient (Wildman–Crippen LogP) is 0.450. The molecule has 0 fully saturated rings. The van der Waals surface area contributed by atoms with Crippen molar-refractivity contribution in [3.8, 4) is 0 Å². The molecule has 1 atom stereocenters. The van der Waals surface area contributed by atoms with E-state index in [1.807, 2.05) is 13.8 Å². The number of hydrogen-bond donors (Lipinski definition) is 1. The lowest BCUT2D eigenvalue weighted by Crippen LogP contribution is -2.42. The van der Waals surface area contributed by atoms with Gasteiger partial charge in [-0.1, -0.05) is 6.92 Å². The molecule has 66 valence electrons. The monoisotopic (exact) mass is 158 g/mol. The van der Waals surface area contributed by atoms with Crippen LogP contribution in [0, 0.1) is 5.41 Å². The molecular weight excluding hydrogens is 140 g/mol. The summed E-state index contributed by atoms with van der Waals surface area (Å²) in [7, 11) is 3.51. The van der Waals surface area contributed by atoms with Gasteiger partial charge in [0.1, 0.15) is 0 Å². The lowest BCUT2D eigenvalue weighted by Gasteiger charge is -2.28.